The summed E-state index contributed by atoms with van der Waals surface area (Å²) in [4.78, 5) is 31.3. The molecular weight excluding hydrogens is 368 g/mol. The molecule has 1 aliphatic rings. The van der Waals surface area contributed by atoms with Gasteiger partial charge in [0, 0.05) is 6.20 Å². The molecule has 0 radical (unpaired) electrons. The molecule has 0 bridgehead atoms. The van der Waals surface area contributed by atoms with Crippen molar-refractivity contribution < 1.29 is 19.1 Å². The van der Waals surface area contributed by atoms with Crippen LogP contribution in [0.4, 0.5) is 11.4 Å². The van der Waals surface area contributed by atoms with E-state index < -0.39 is 5.97 Å². The lowest BCUT2D eigenvalue weighted by molar-refractivity contribution is -0.121. The number of carbonyl (C=O) groups excluding carboxylic acids is 2. The highest BCUT2D eigenvalue weighted by Gasteiger charge is 2.26. The summed E-state index contributed by atoms with van der Waals surface area (Å²) in [6.07, 6.45) is 3.19. The quantitative estimate of drug-likeness (QED) is 0.638. The molecule has 0 fully saturated rings. The van der Waals surface area contributed by atoms with Gasteiger partial charge in [0.25, 0.3) is 5.91 Å². The van der Waals surface area contributed by atoms with Gasteiger partial charge in [0.15, 0.2) is 6.61 Å². The number of rotatable bonds is 4. The Labute approximate surface area is 168 Å². The van der Waals surface area contributed by atoms with Gasteiger partial charge in [-0.25, -0.2) is 9.78 Å². The van der Waals surface area contributed by atoms with Gasteiger partial charge in [-0.3, -0.25) is 9.69 Å². The average molecular weight is 388 g/mol. The molecule has 0 unspecified atom stereocenters. The first-order valence-electron chi connectivity index (χ1n) is 9.34. The highest BCUT2D eigenvalue weighted by Crippen LogP contribution is 2.36. The topological polar surface area (TPSA) is 68.7 Å². The third-order valence-corrected chi connectivity index (χ3v) is 4.89. The van der Waals surface area contributed by atoms with Crippen molar-refractivity contribution in [2.24, 2.45) is 0 Å². The number of aryl methyl sites for hydroxylation is 2. The average Bonchev–Trinajstić information content (AvgIpc) is 2.94. The normalized spacial score (nSPS) is 12.4. The Morgan fingerprint density at radius 1 is 0.931 bits per heavy atom. The second-order valence-corrected chi connectivity index (χ2v) is 6.62. The van der Waals surface area contributed by atoms with Crippen molar-refractivity contribution in [3.63, 3.8) is 0 Å². The number of methoxy groups -OCH3 is 1. The zero-order valence-electron chi connectivity index (χ0n) is 16.0. The first-order valence-corrected chi connectivity index (χ1v) is 9.34. The van der Waals surface area contributed by atoms with Gasteiger partial charge in [0.1, 0.15) is 5.56 Å². The number of pyridine rings is 1. The summed E-state index contributed by atoms with van der Waals surface area (Å²) in [5.41, 5.74) is 3.98. The van der Waals surface area contributed by atoms with Crippen LogP contribution in [0.5, 0.6) is 5.88 Å². The van der Waals surface area contributed by atoms with Gasteiger partial charge < -0.3 is 9.47 Å². The van der Waals surface area contributed by atoms with Crippen molar-refractivity contribution in [2.45, 2.75) is 12.8 Å². The van der Waals surface area contributed by atoms with E-state index in [-0.39, 0.29) is 24.0 Å². The van der Waals surface area contributed by atoms with Crippen LogP contribution in [0.2, 0.25) is 0 Å². The Morgan fingerprint density at radius 3 is 2.17 bits per heavy atom. The Morgan fingerprint density at radius 2 is 1.55 bits per heavy atom. The molecule has 1 aliphatic heterocycles. The molecular formula is C23H20N2O4. The molecule has 3 aromatic rings. The molecule has 0 saturated heterocycles. The second-order valence-electron chi connectivity index (χ2n) is 6.62. The van der Waals surface area contributed by atoms with E-state index in [1.165, 1.54) is 13.3 Å². The lowest BCUT2D eigenvalue weighted by Crippen LogP contribution is -2.31. The van der Waals surface area contributed by atoms with Crippen molar-refractivity contribution in [1.29, 1.82) is 0 Å². The van der Waals surface area contributed by atoms with Crippen LogP contribution in [-0.4, -0.2) is 30.6 Å². The summed E-state index contributed by atoms with van der Waals surface area (Å²) in [5, 5.41) is 0. The zero-order valence-corrected chi connectivity index (χ0v) is 16.0. The molecule has 0 N–H and O–H groups in total. The third-order valence-electron chi connectivity index (χ3n) is 4.89. The number of hydrogen-bond donors (Lipinski definition) is 0. The number of para-hydroxylation sites is 2. The molecule has 146 valence electrons. The van der Waals surface area contributed by atoms with Crippen molar-refractivity contribution in [2.75, 3.05) is 18.6 Å². The maximum Gasteiger partial charge on any atom is 0.344 e. The van der Waals surface area contributed by atoms with Crippen LogP contribution in [-0.2, 0) is 22.4 Å². The minimum atomic E-state index is -0.653. The van der Waals surface area contributed by atoms with E-state index in [4.69, 9.17) is 9.47 Å². The maximum atomic E-state index is 13.2. The highest BCUT2D eigenvalue weighted by molar-refractivity contribution is 6.04. The largest absolute Gasteiger partial charge is 0.480 e. The number of nitrogens with zero attached hydrogens (tertiary/aromatic N) is 2. The first-order chi connectivity index (χ1) is 14.2. The zero-order chi connectivity index (χ0) is 20.2. The van der Waals surface area contributed by atoms with Crippen LogP contribution in [0.25, 0.3) is 0 Å². The van der Waals surface area contributed by atoms with Gasteiger partial charge in [-0.05, 0) is 48.2 Å². The van der Waals surface area contributed by atoms with Crippen LogP contribution in [0.3, 0.4) is 0 Å². The number of amides is 1. The summed E-state index contributed by atoms with van der Waals surface area (Å²) in [7, 11) is 1.43. The van der Waals surface area contributed by atoms with Gasteiger partial charge >= 0.3 is 5.97 Å². The smallest absolute Gasteiger partial charge is 0.344 e. The van der Waals surface area contributed by atoms with E-state index in [0.717, 1.165) is 35.3 Å². The van der Waals surface area contributed by atoms with Crippen LogP contribution >= 0.6 is 0 Å². The first kappa shape index (κ1) is 18.7. The Bertz CT molecular complexity index is 1020. The molecule has 1 amide bonds. The standard InChI is InChI=1S/C23H20N2O4/c1-28-22-18(9-6-14-24-22)23(27)29-15-21(26)25-19-10-4-2-7-16(19)12-13-17-8-3-5-11-20(17)25/h2-11,14H,12-13,15H2,1H3. The Hall–Kier alpha value is -3.67. The van der Waals surface area contributed by atoms with E-state index in [1.54, 1.807) is 17.0 Å². The van der Waals surface area contributed by atoms with Crippen molar-refractivity contribution in [3.05, 3.63) is 83.6 Å². The highest BCUT2D eigenvalue weighted by atomic mass is 16.5. The molecule has 0 atom stereocenters. The number of benzene rings is 2. The molecule has 29 heavy (non-hydrogen) atoms. The molecule has 2 heterocycles. The fourth-order valence-electron chi connectivity index (χ4n) is 3.53. The lowest BCUT2D eigenvalue weighted by atomic mass is 10.0. The van der Waals surface area contributed by atoms with E-state index in [0.29, 0.717) is 0 Å². The minimum absolute atomic E-state index is 0.162. The van der Waals surface area contributed by atoms with E-state index in [2.05, 4.69) is 4.98 Å². The molecule has 4 rings (SSSR count). The third kappa shape index (κ3) is 3.69. The van der Waals surface area contributed by atoms with E-state index in [1.807, 2.05) is 48.5 Å². The molecule has 6 heteroatoms. The fraction of sp³-hybridized carbons (Fsp3) is 0.174. The summed E-state index contributed by atoms with van der Waals surface area (Å²) in [6, 6.07) is 18.8. The van der Waals surface area contributed by atoms with Crippen molar-refractivity contribution >= 4 is 23.3 Å². The Balaban J connectivity index is 1.61. The number of esters is 1. The number of anilines is 2. The summed E-state index contributed by atoms with van der Waals surface area (Å²) in [5.74, 6) is -0.807. The van der Waals surface area contributed by atoms with Gasteiger partial charge in [-0.15, -0.1) is 0 Å². The molecule has 2 aromatic carbocycles. The summed E-state index contributed by atoms with van der Waals surface area (Å²) < 4.78 is 10.4. The van der Waals surface area contributed by atoms with Crippen molar-refractivity contribution in [3.8, 4) is 5.88 Å². The van der Waals surface area contributed by atoms with Crippen LogP contribution < -0.4 is 9.64 Å². The number of ether oxygens (including phenoxy) is 2. The molecule has 0 saturated carbocycles. The maximum absolute atomic E-state index is 13.2. The minimum Gasteiger partial charge on any atom is -0.480 e. The SMILES string of the molecule is COc1ncccc1C(=O)OCC(=O)N1c2ccccc2CCc2ccccc21. The van der Waals surface area contributed by atoms with Crippen molar-refractivity contribution in [1.82, 2.24) is 4.98 Å². The number of hydrogen-bond acceptors (Lipinski definition) is 5. The van der Waals surface area contributed by atoms with Crippen LogP contribution in [0, 0.1) is 0 Å². The van der Waals surface area contributed by atoms with Gasteiger partial charge in [-0.1, -0.05) is 36.4 Å². The van der Waals surface area contributed by atoms with Gasteiger partial charge in [-0.2, -0.15) is 0 Å². The predicted molar refractivity (Wildman–Crippen MR) is 109 cm³/mol. The molecule has 6 nitrogen and oxygen atoms in total. The van der Waals surface area contributed by atoms with E-state index in [9.17, 15) is 9.59 Å². The number of aromatic nitrogens is 1. The van der Waals surface area contributed by atoms with Gasteiger partial charge in [0.2, 0.25) is 5.88 Å². The molecule has 0 aliphatic carbocycles. The monoisotopic (exact) mass is 388 g/mol. The number of fused-ring (bicyclic) bond motifs is 2. The number of carbonyl (C=O) groups is 2. The predicted octanol–water partition coefficient (Wildman–Crippen LogP) is 3.71. The van der Waals surface area contributed by atoms with E-state index >= 15 is 0 Å². The van der Waals surface area contributed by atoms with Crippen LogP contribution in [0.15, 0.2) is 66.9 Å². The Kier molecular flexibility index (Phi) is 5.24. The second kappa shape index (κ2) is 8.14. The summed E-state index contributed by atoms with van der Waals surface area (Å²) in [6.45, 7) is -0.389. The summed E-state index contributed by atoms with van der Waals surface area (Å²) >= 11 is 0. The molecule has 0 spiro atoms. The molecule has 1 aromatic heterocycles. The van der Waals surface area contributed by atoms with Crippen LogP contribution in [0.1, 0.15) is 21.5 Å². The lowest BCUT2D eigenvalue weighted by Gasteiger charge is -2.24. The fourth-order valence-corrected chi connectivity index (χ4v) is 3.53. The van der Waals surface area contributed by atoms with Gasteiger partial charge in [0.05, 0.1) is 18.5 Å².